The van der Waals surface area contributed by atoms with E-state index >= 15 is 0 Å². The molecule has 0 saturated heterocycles. The van der Waals surface area contributed by atoms with Gasteiger partial charge < -0.3 is 4.98 Å². The number of nitrogens with one attached hydrogen (secondary N) is 1. The van der Waals surface area contributed by atoms with Gasteiger partial charge in [0.1, 0.15) is 11.6 Å². The number of aromatic amines is 1. The van der Waals surface area contributed by atoms with E-state index in [0.29, 0.717) is 18.9 Å². The van der Waals surface area contributed by atoms with Crippen molar-refractivity contribution >= 4 is 0 Å². The predicted molar refractivity (Wildman–Crippen MR) is 118 cm³/mol. The molecule has 0 saturated carbocycles. The van der Waals surface area contributed by atoms with Gasteiger partial charge in [-0.3, -0.25) is 14.7 Å². The Hall–Kier alpha value is -3.64. The molecule has 2 aromatic carbocycles. The van der Waals surface area contributed by atoms with Crippen LogP contribution in [0.15, 0.2) is 77.9 Å². The summed E-state index contributed by atoms with van der Waals surface area (Å²) >= 11 is 0. The maximum absolute atomic E-state index is 13.2. The first-order valence-corrected chi connectivity index (χ1v) is 10.3. The van der Waals surface area contributed by atoms with E-state index in [1.54, 1.807) is 18.3 Å². The van der Waals surface area contributed by atoms with Crippen molar-refractivity contribution in [3.63, 3.8) is 0 Å². The van der Waals surface area contributed by atoms with Crippen molar-refractivity contribution in [2.75, 3.05) is 6.54 Å². The second-order valence-electron chi connectivity index (χ2n) is 7.76. The highest BCUT2D eigenvalue weighted by atomic mass is 19.1. The molecule has 0 amide bonds. The van der Waals surface area contributed by atoms with E-state index in [1.807, 2.05) is 36.5 Å². The summed E-state index contributed by atoms with van der Waals surface area (Å²) in [5.41, 5.74) is 5.36. The highest BCUT2D eigenvalue weighted by Crippen LogP contribution is 2.23. The molecule has 0 radical (unpaired) electrons. The Morgan fingerprint density at radius 3 is 2.58 bits per heavy atom. The lowest BCUT2D eigenvalue weighted by molar-refractivity contribution is 0.241. The lowest BCUT2D eigenvalue weighted by Gasteiger charge is -2.27. The lowest BCUT2D eigenvalue weighted by Crippen LogP contribution is -2.35. The Balaban J connectivity index is 1.35. The molecule has 0 aliphatic carbocycles. The lowest BCUT2D eigenvalue weighted by atomic mass is 10.0. The second-order valence-corrected chi connectivity index (χ2v) is 7.76. The molecule has 4 aromatic rings. The highest BCUT2D eigenvalue weighted by Gasteiger charge is 2.21. The van der Waals surface area contributed by atoms with Gasteiger partial charge in [0.2, 0.25) is 0 Å². The number of H-pyrrole nitrogens is 1. The summed E-state index contributed by atoms with van der Waals surface area (Å²) in [6.07, 6.45) is 4.34. The van der Waals surface area contributed by atoms with Crippen LogP contribution in [0.3, 0.4) is 0 Å². The molecule has 2 aromatic heterocycles. The summed E-state index contributed by atoms with van der Waals surface area (Å²) in [6, 6.07) is 18.2. The van der Waals surface area contributed by atoms with Gasteiger partial charge in [0, 0.05) is 49.6 Å². The van der Waals surface area contributed by atoms with Gasteiger partial charge in [-0.05, 0) is 29.3 Å². The van der Waals surface area contributed by atoms with Gasteiger partial charge in [0.25, 0.3) is 5.56 Å². The number of hydrogen-bond acceptors (Lipinski definition) is 4. The Labute approximate surface area is 179 Å². The third-order valence-electron chi connectivity index (χ3n) is 5.57. The molecule has 5 nitrogen and oxygen atoms in total. The maximum atomic E-state index is 13.2. The van der Waals surface area contributed by atoms with E-state index in [-0.39, 0.29) is 11.4 Å². The maximum Gasteiger partial charge on any atom is 0.255 e. The van der Waals surface area contributed by atoms with Crippen LogP contribution in [0, 0.1) is 5.82 Å². The van der Waals surface area contributed by atoms with Crippen molar-refractivity contribution in [1.29, 1.82) is 0 Å². The summed E-state index contributed by atoms with van der Waals surface area (Å²) in [7, 11) is 0. The van der Waals surface area contributed by atoms with Crippen LogP contribution in [0.25, 0.3) is 22.5 Å². The van der Waals surface area contributed by atoms with Gasteiger partial charge in [-0.1, -0.05) is 42.5 Å². The van der Waals surface area contributed by atoms with Crippen molar-refractivity contribution in [2.24, 2.45) is 0 Å². The monoisotopic (exact) mass is 412 g/mol. The minimum Gasteiger partial charge on any atom is -0.306 e. The van der Waals surface area contributed by atoms with Crippen LogP contribution in [-0.4, -0.2) is 26.4 Å². The van der Waals surface area contributed by atoms with Crippen molar-refractivity contribution in [3.05, 3.63) is 106 Å². The Morgan fingerprint density at radius 1 is 0.968 bits per heavy atom. The molecule has 0 fully saturated rings. The highest BCUT2D eigenvalue weighted by molar-refractivity contribution is 5.62. The number of rotatable bonds is 4. The van der Waals surface area contributed by atoms with Crippen LogP contribution in [-0.2, 0) is 19.5 Å². The first kappa shape index (κ1) is 19.3. The van der Waals surface area contributed by atoms with Crippen molar-refractivity contribution in [1.82, 2.24) is 19.9 Å². The Kier molecular flexibility index (Phi) is 5.14. The summed E-state index contributed by atoms with van der Waals surface area (Å²) in [6.45, 7) is 2.05. The molecule has 0 spiro atoms. The molecular weight excluding hydrogens is 391 g/mol. The summed E-state index contributed by atoms with van der Waals surface area (Å²) in [4.78, 5) is 27.0. The smallest absolute Gasteiger partial charge is 0.255 e. The van der Waals surface area contributed by atoms with Gasteiger partial charge in [-0.2, -0.15) is 0 Å². The third kappa shape index (κ3) is 4.15. The van der Waals surface area contributed by atoms with Gasteiger partial charge in [0.15, 0.2) is 0 Å². The second kappa shape index (κ2) is 8.24. The molecule has 0 atom stereocenters. The first-order chi connectivity index (χ1) is 15.2. The van der Waals surface area contributed by atoms with Crippen LogP contribution < -0.4 is 5.56 Å². The molecule has 5 rings (SSSR count). The van der Waals surface area contributed by atoms with Crippen molar-refractivity contribution in [3.8, 4) is 22.5 Å². The standard InChI is InChI=1S/C25H21FN4O/c26-21-8-6-18(7-9-21)20-12-17(13-27-14-20)15-30-11-10-23-22(16-30)25(31)29-24(28-23)19-4-2-1-3-5-19/h1-9,12-14H,10-11,15-16H2,(H,28,29,31). The van der Waals surface area contributed by atoms with Crippen LogP contribution in [0.5, 0.6) is 0 Å². The molecule has 1 aliphatic rings. The number of hydrogen-bond donors (Lipinski definition) is 1. The number of fused-ring (bicyclic) bond motifs is 1. The molecule has 1 N–H and O–H groups in total. The molecular formula is C25H21FN4O. The summed E-state index contributed by atoms with van der Waals surface area (Å²) < 4.78 is 13.2. The van der Waals surface area contributed by atoms with E-state index < -0.39 is 0 Å². The number of pyridine rings is 1. The molecule has 6 heteroatoms. The fourth-order valence-electron chi connectivity index (χ4n) is 3.98. The molecule has 0 unspecified atom stereocenters. The van der Waals surface area contributed by atoms with Crippen molar-refractivity contribution < 1.29 is 4.39 Å². The van der Waals surface area contributed by atoms with E-state index in [2.05, 4.69) is 20.9 Å². The molecule has 3 heterocycles. The van der Waals surface area contributed by atoms with Gasteiger partial charge >= 0.3 is 0 Å². The fourth-order valence-corrected chi connectivity index (χ4v) is 3.98. The number of aromatic nitrogens is 3. The molecule has 0 bridgehead atoms. The van der Waals surface area contributed by atoms with Crippen LogP contribution in [0.2, 0.25) is 0 Å². The summed E-state index contributed by atoms with van der Waals surface area (Å²) in [5.74, 6) is 0.364. The Morgan fingerprint density at radius 2 is 1.77 bits per heavy atom. The number of nitrogens with zero attached hydrogens (tertiary/aromatic N) is 3. The van der Waals surface area contributed by atoms with Crippen LogP contribution >= 0.6 is 0 Å². The minimum absolute atomic E-state index is 0.0771. The zero-order chi connectivity index (χ0) is 21.2. The van der Waals surface area contributed by atoms with Crippen molar-refractivity contribution in [2.45, 2.75) is 19.5 Å². The van der Waals surface area contributed by atoms with Crippen LogP contribution in [0.4, 0.5) is 4.39 Å². The third-order valence-corrected chi connectivity index (χ3v) is 5.57. The van der Waals surface area contributed by atoms with Gasteiger partial charge in [-0.15, -0.1) is 0 Å². The van der Waals surface area contributed by atoms with Gasteiger partial charge in [0.05, 0.1) is 11.3 Å². The molecule has 154 valence electrons. The Bertz CT molecular complexity index is 1270. The minimum atomic E-state index is -0.255. The SMILES string of the molecule is O=c1[nH]c(-c2ccccc2)nc2c1CN(Cc1cncc(-c3ccc(F)cc3)c1)CC2. The van der Waals surface area contributed by atoms with E-state index in [4.69, 9.17) is 4.98 Å². The van der Waals surface area contributed by atoms with Gasteiger partial charge in [-0.25, -0.2) is 9.37 Å². The average Bonchev–Trinajstić information content (AvgIpc) is 2.81. The average molecular weight is 412 g/mol. The number of benzene rings is 2. The predicted octanol–water partition coefficient (Wildman–Crippen LogP) is 4.20. The van der Waals surface area contributed by atoms with E-state index in [9.17, 15) is 9.18 Å². The largest absolute Gasteiger partial charge is 0.306 e. The molecule has 1 aliphatic heterocycles. The van der Waals surface area contributed by atoms with E-state index in [1.165, 1.54) is 12.1 Å². The quantitative estimate of drug-likeness (QED) is 0.546. The fraction of sp³-hybridized carbons (Fsp3) is 0.160. The van der Waals surface area contributed by atoms with Crippen LogP contribution in [0.1, 0.15) is 16.8 Å². The zero-order valence-electron chi connectivity index (χ0n) is 16.9. The normalized spacial score (nSPS) is 13.7. The summed E-state index contributed by atoms with van der Waals surface area (Å²) in [5, 5.41) is 0. The topological polar surface area (TPSA) is 61.9 Å². The number of halogens is 1. The molecule has 31 heavy (non-hydrogen) atoms. The van der Waals surface area contributed by atoms with E-state index in [0.717, 1.165) is 46.5 Å². The first-order valence-electron chi connectivity index (χ1n) is 10.3. The zero-order valence-corrected chi connectivity index (χ0v) is 16.9.